The van der Waals surface area contributed by atoms with E-state index in [9.17, 15) is 8.42 Å². The monoisotopic (exact) mass is 404 g/mol. The molecule has 0 saturated carbocycles. The van der Waals surface area contributed by atoms with Crippen molar-refractivity contribution in [1.29, 1.82) is 0 Å². The standard InChI is InChI=1S/C12H10Br2N2O2S/c1-8-4-10(7-15-6-8)16-19(17,18)12-3-2-9(13)5-11(12)14/h2-7,16H,1H3. The van der Waals surface area contributed by atoms with Gasteiger partial charge in [0.05, 0.1) is 11.9 Å². The Labute approximate surface area is 128 Å². The van der Waals surface area contributed by atoms with E-state index in [1.807, 2.05) is 6.92 Å². The Morgan fingerprint density at radius 2 is 1.89 bits per heavy atom. The first kappa shape index (κ1) is 14.5. The Kier molecular flexibility index (Phi) is 4.27. The number of aryl methyl sites for hydroxylation is 1. The molecule has 1 aromatic heterocycles. The molecule has 2 rings (SSSR count). The fraction of sp³-hybridized carbons (Fsp3) is 0.0833. The van der Waals surface area contributed by atoms with Gasteiger partial charge in [-0.15, -0.1) is 0 Å². The number of benzene rings is 1. The molecule has 0 atom stereocenters. The van der Waals surface area contributed by atoms with Crippen molar-refractivity contribution in [3.05, 3.63) is 51.2 Å². The number of aromatic nitrogens is 1. The first-order valence-corrected chi connectivity index (χ1v) is 8.35. The number of hydrogen-bond donors (Lipinski definition) is 1. The van der Waals surface area contributed by atoms with Gasteiger partial charge in [-0.1, -0.05) is 15.9 Å². The van der Waals surface area contributed by atoms with E-state index in [-0.39, 0.29) is 4.90 Å². The summed E-state index contributed by atoms with van der Waals surface area (Å²) in [6.07, 6.45) is 3.13. The Balaban J connectivity index is 2.38. The van der Waals surface area contributed by atoms with Gasteiger partial charge in [-0.3, -0.25) is 9.71 Å². The van der Waals surface area contributed by atoms with Gasteiger partial charge in [0.25, 0.3) is 10.0 Å². The Morgan fingerprint density at radius 1 is 1.16 bits per heavy atom. The Bertz CT molecular complexity index is 717. The van der Waals surface area contributed by atoms with Crippen molar-refractivity contribution >= 4 is 47.6 Å². The first-order chi connectivity index (χ1) is 8.88. The second-order valence-corrected chi connectivity index (χ2v) is 7.35. The summed E-state index contributed by atoms with van der Waals surface area (Å²) in [5.74, 6) is 0. The fourth-order valence-electron chi connectivity index (χ4n) is 1.51. The lowest BCUT2D eigenvalue weighted by Gasteiger charge is -2.10. The first-order valence-electron chi connectivity index (χ1n) is 5.28. The highest BCUT2D eigenvalue weighted by atomic mass is 79.9. The molecular formula is C12H10Br2N2O2S. The second kappa shape index (κ2) is 5.60. The Hall–Kier alpha value is -0.920. The number of anilines is 1. The number of nitrogens with one attached hydrogen (secondary N) is 1. The van der Waals surface area contributed by atoms with Gasteiger partial charge in [-0.2, -0.15) is 0 Å². The molecule has 0 spiro atoms. The minimum atomic E-state index is -3.64. The molecule has 2 aromatic rings. The van der Waals surface area contributed by atoms with Gasteiger partial charge in [0.15, 0.2) is 0 Å². The lowest BCUT2D eigenvalue weighted by molar-refractivity contribution is 0.600. The molecule has 0 radical (unpaired) electrons. The summed E-state index contributed by atoms with van der Waals surface area (Å²) in [6, 6.07) is 6.61. The van der Waals surface area contributed by atoms with Crippen LogP contribution in [0.2, 0.25) is 0 Å². The number of pyridine rings is 1. The topological polar surface area (TPSA) is 59.1 Å². The maximum absolute atomic E-state index is 12.3. The molecule has 0 aliphatic heterocycles. The van der Waals surface area contributed by atoms with Crippen molar-refractivity contribution in [3.63, 3.8) is 0 Å². The number of hydrogen-bond acceptors (Lipinski definition) is 3. The van der Waals surface area contributed by atoms with E-state index >= 15 is 0 Å². The summed E-state index contributed by atoms with van der Waals surface area (Å²) < 4.78 is 28.3. The Morgan fingerprint density at radius 3 is 2.53 bits per heavy atom. The van der Waals surface area contributed by atoms with Crippen LogP contribution in [0.1, 0.15) is 5.56 Å². The number of nitrogens with zero attached hydrogens (tertiary/aromatic N) is 1. The van der Waals surface area contributed by atoms with Crippen LogP contribution >= 0.6 is 31.9 Å². The molecule has 1 aromatic carbocycles. The predicted molar refractivity (Wildman–Crippen MR) is 81.6 cm³/mol. The maximum Gasteiger partial charge on any atom is 0.263 e. The van der Waals surface area contributed by atoms with E-state index in [0.717, 1.165) is 10.0 Å². The maximum atomic E-state index is 12.3. The van der Waals surface area contributed by atoms with E-state index in [2.05, 4.69) is 41.6 Å². The van der Waals surface area contributed by atoms with Crippen molar-refractivity contribution in [2.45, 2.75) is 11.8 Å². The largest absolute Gasteiger partial charge is 0.278 e. The fourth-order valence-corrected chi connectivity index (χ4v) is 4.30. The van der Waals surface area contributed by atoms with Crippen LogP contribution < -0.4 is 4.72 Å². The van der Waals surface area contributed by atoms with Crippen molar-refractivity contribution in [2.75, 3.05) is 4.72 Å². The zero-order valence-corrected chi connectivity index (χ0v) is 13.9. The van der Waals surface area contributed by atoms with Gasteiger partial charge < -0.3 is 0 Å². The van der Waals surface area contributed by atoms with Gasteiger partial charge in [-0.05, 0) is 52.7 Å². The van der Waals surface area contributed by atoms with Crippen LogP contribution in [0.5, 0.6) is 0 Å². The molecule has 0 aliphatic rings. The molecular weight excluding hydrogens is 396 g/mol. The quantitative estimate of drug-likeness (QED) is 0.846. The lowest BCUT2D eigenvalue weighted by atomic mass is 10.3. The summed E-state index contributed by atoms with van der Waals surface area (Å²) in [4.78, 5) is 4.13. The summed E-state index contributed by atoms with van der Waals surface area (Å²) in [7, 11) is -3.64. The summed E-state index contributed by atoms with van der Waals surface area (Å²) >= 11 is 6.53. The van der Waals surface area contributed by atoms with Crippen molar-refractivity contribution < 1.29 is 8.42 Å². The molecule has 1 N–H and O–H groups in total. The van der Waals surface area contributed by atoms with Crippen LogP contribution in [0.15, 0.2) is 50.5 Å². The number of rotatable bonds is 3. The van der Waals surface area contributed by atoms with Crippen LogP contribution in [0.3, 0.4) is 0 Å². The van der Waals surface area contributed by atoms with Crippen LogP contribution in [0.4, 0.5) is 5.69 Å². The molecule has 0 saturated heterocycles. The summed E-state index contributed by atoms with van der Waals surface area (Å²) in [5.41, 5.74) is 1.32. The molecule has 4 nitrogen and oxygen atoms in total. The van der Waals surface area contributed by atoms with E-state index in [1.54, 1.807) is 24.4 Å². The van der Waals surface area contributed by atoms with Gasteiger partial charge >= 0.3 is 0 Å². The van der Waals surface area contributed by atoms with E-state index in [1.165, 1.54) is 12.3 Å². The molecule has 0 unspecified atom stereocenters. The zero-order chi connectivity index (χ0) is 14.0. The third-order valence-electron chi connectivity index (χ3n) is 2.31. The van der Waals surface area contributed by atoms with Crippen LogP contribution in [-0.4, -0.2) is 13.4 Å². The second-order valence-electron chi connectivity index (χ2n) is 3.93. The highest BCUT2D eigenvalue weighted by Crippen LogP contribution is 2.27. The number of sulfonamides is 1. The zero-order valence-electron chi connectivity index (χ0n) is 9.89. The van der Waals surface area contributed by atoms with Crippen LogP contribution in [-0.2, 0) is 10.0 Å². The van der Waals surface area contributed by atoms with Gasteiger partial charge in [0.1, 0.15) is 4.90 Å². The molecule has 19 heavy (non-hydrogen) atoms. The SMILES string of the molecule is Cc1cncc(NS(=O)(=O)c2ccc(Br)cc2Br)c1. The predicted octanol–water partition coefficient (Wildman–Crippen LogP) is 3.72. The molecule has 0 aliphatic carbocycles. The minimum absolute atomic E-state index is 0.178. The van der Waals surface area contributed by atoms with Crippen LogP contribution in [0, 0.1) is 6.92 Å². The third kappa shape index (κ3) is 3.55. The smallest absolute Gasteiger partial charge is 0.263 e. The molecule has 100 valence electrons. The molecule has 1 heterocycles. The summed E-state index contributed by atoms with van der Waals surface area (Å²) in [6.45, 7) is 1.85. The van der Waals surface area contributed by atoms with Crippen LogP contribution in [0.25, 0.3) is 0 Å². The molecule has 7 heteroatoms. The van der Waals surface area contributed by atoms with Gasteiger partial charge in [0.2, 0.25) is 0 Å². The van der Waals surface area contributed by atoms with Crippen molar-refractivity contribution in [2.24, 2.45) is 0 Å². The average molecular weight is 406 g/mol. The number of halogens is 2. The lowest BCUT2D eigenvalue weighted by Crippen LogP contribution is -2.13. The molecule has 0 amide bonds. The molecule has 0 fully saturated rings. The minimum Gasteiger partial charge on any atom is -0.278 e. The highest BCUT2D eigenvalue weighted by Gasteiger charge is 2.18. The van der Waals surface area contributed by atoms with Crippen molar-refractivity contribution in [3.8, 4) is 0 Å². The van der Waals surface area contributed by atoms with Crippen molar-refractivity contribution in [1.82, 2.24) is 4.98 Å². The van der Waals surface area contributed by atoms with E-state index in [4.69, 9.17) is 0 Å². The van der Waals surface area contributed by atoms with E-state index in [0.29, 0.717) is 10.2 Å². The van der Waals surface area contributed by atoms with E-state index < -0.39 is 10.0 Å². The van der Waals surface area contributed by atoms with Gasteiger partial charge in [-0.25, -0.2) is 8.42 Å². The van der Waals surface area contributed by atoms with Gasteiger partial charge in [0, 0.05) is 15.1 Å². The average Bonchev–Trinajstić information content (AvgIpc) is 2.27. The normalized spacial score (nSPS) is 11.3. The highest BCUT2D eigenvalue weighted by molar-refractivity contribution is 9.11. The molecule has 0 bridgehead atoms. The summed E-state index contributed by atoms with van der Waals surface area (Å²) in [5, 5.41) is 0. The third-order valence-corrected chi connectivity index (χ3v) is 5.16.